The molecule has 126 valence electrons. The minimum atomic E-state index is -0.403. The number of rotatable bonds is 2. The first-order valence-electron chi connectivity index (χ1n) is 8.34. The first-order valence-corrected chi connectivity index (χ1v) is 8.34. The van der Waals surface area contributed by atoms with E-state index < -0.39 is 5.82 Å². The van der Waals surface area contributed by atoms with Gasteiger partial charge in [-0.25, -0.2) is 24.3 Å². The van der Waals surface area contributed by atoms with Crippen molar-refractivity contribution in [2.75, 3.05) is 37.0 Å². The van der Waals surface area contributed by atoms with Gasteiger partial charge in [0, 0.05) is 38.8 Å². The lowest BCUT2D eigenvalue weighted by Gasteiger charge is -2.40. The van der Waals surface area contributed by atoms with Crippen LogP contribution in [-0.4, -0.2) is 47.1 Å². The fraction of sp³-hybridized carbons (Fsp3) is 0.529. The second-order valence-corrected chi connectivity index (χ2v) is 6.94. The minimum absolute atomic E-state index is 0.0268. The molecule has 2 aromatic heterocycles. The van der Waals surface area contributed by atoms with E-state index in [0.717, 1.165) is 44.7 Å². The Hall–Kier alpha value is -2.31. The van der Waals surface area contributed by atoms with Gasteiger partial charge in [-0.2, -0.15) is 0 Å². The molecular weight excluding hydrogens is 307 g/mol. The molecule has 0 bridgehead atoms. The molecule has 1 aliphatic carbocycles. The number of nitrogens with zero attached hydrogens (tertiary/aromatic N) is 6. The number of hydrogen-bond donors (Lipinski definition) is 0. The molecule has 0 aromatic carbocycles. The molecule has 4 rings (SSSR count). The molecule has 0 N–H and O–H groups in total. The minimum Gasteiger partial charge on any atom is -0.347 e. The highest BCUT2D eigenvalue weighted by Gasteiger charge is 2.44. The van der Waals surface area contributed by atoms with Gasteiger partial charge in [-0.1, -0.05) is 0 Å². The molecule has 6 nitrogen and oxygen atoms in total. The molecule has 24 heavy (non-hydrogen) atoms. The SMILES string of the molecule is CN(C)c1ncc2c(n1)C1(CCCN(c3ncc(F)cn3)C1)CC2. The van der Waals surface area contributed by atoms with E-state index >= 15 is 0 Å². The zero-order valence-electron chi connectivity index (χ0n) is 14.0. The Bertz CT molecular complexity index is 743. The van der Waals surface area contributed by atoms with Crippen molar-refractivity contribution in [3.8, 4) is 0 Å². The highest BCUT2D eigenvalue weighted by atomic mass is 19.1. The summed E-state index contributed by atoms with van der Waals surface area (Å²) in [6, 6.07) is 0. The average Bonchev–Trinajstić information content (AvgIpc) is 2.93. The predicted octanol–water partition coefficient (Wildman–Crippen LogP) is 1.96. The van der Waals surface area contributed by atoms with Crippen molar-refractivity contribution in [2.24, 2.45) is 0 Å². The van der Waals surface area contributed by atoms with E-state index in [0.29, 0.717) is 5.95 Å². The molecule has 1 aliphatic heterocycles. The van der Waals surface area contributed by atoms with Crippen LogP contribution < -0.4 is 9.80 Å². The van der Waals surface area contributed by atoms with E-state index in [1.54, 1.807) is 0 Å². The van der Waals surface area contributed by atoms with E-state index in [1.165, 1.54) is 23.7 Å². The summed E-state index contributed by atoms with van der Waals surface area (Å²) >= 11 is 0. The summed E-state index contributed by atoms with van der Waals surface area (Å²) in [6.45, 7) is 1.73. The summed E-state index contributed by atoms with van der Waals surface area (Å²) in [5.41, 5.74) is 2.45. The van der Waals surface area contributed by atoms with Crippen LogP contribution in [0.25, 0.3) is 0 Å². The van der Waals surface area contributed by atoms with Crippen molar-refractivity contribution in [2.45, 2.75) is 31.1 Å². The van der Waals surface area contributed by atoms with Gasteiger partial charge in [0.1, 0.15) is 0 Å². The Morgan fingerprint density at radius 1 is 1.12 bits per heavy atom. The summed E-state index contributed by atoms with van der Waals surface area (Å²) in [4.78, 5) is 21.7. The zero-order chi connectivity index (χ0) is 16.7. The highest BCUT2D eigenvalue weighted by molar-refractivity contribution is 5.42. The number of aryl methyl sites for hydroxylation is 1. The third-order valence-corrected chi connectivity index (χ3v) is 5.09. The molecule has 3 heterocycles. The molecule has 1 unspecified atom stereocenters. The van der Waals surface area contributed by atoms with Crippen molar-refractivity contribution in [3.05, 3.63) is 35.7 Å². The fourth-order valence-electron chi connectivity index (χ4n) is 3.92. The molecule has 1 atom stereocenters. The van der Waals surface area contributed by atoms with Crippen LogP contribution in [0.2, 0.25) is 0 Å². The summed E-state index contributed by atoms with van der Waals surface area (Å²) in [5.74, 6) is 0.955. The number of piperidine rings is 1. The smallest absolute Gasteiger partial charge is 0.225 e. The lowest BCUT2D eigenvalue weighted by atomic mass is 9.77. The van der Waals surface area contributed by atoms with Gasteiger partial charge in [-0.05, 0) is 31.2 Å². The number of fused-ring (bicyclic) bond motifs is 2. The maximum absolute atomic E-state index is 13.1. The van der Waals surface area contributed by atoms with Crippen molar-refractivity contribution in [1.29, 1.82) is 0 Å². The van der Waals surface area contributed by atoms with E-state index in [4.69, 9.17) is 4.98 Å². The number of hydrogen-bond acceptors (Lipinski definition) is 6. The normalized spacial score (nSPS) is 22.7. The topological polar surface area (TPSA) is 58.0 Å². The van der Waals surface area contributed by atoms with Crippen LogP contribution >= 0.6 is 0 Å². The van der Waals surface area contributed by atoms with Crippen LogP contribution in [0.5, 0.6) is 0 Å². The van der Waals surface area contributed by atoms with E-state index in [-0.39, 0.29) is 5.41 Å². The predicted molar refractivity (Wildman–Crippen MR) is 89.8 cm³/mol. The van der Waals surface area contributed by atoms with E-state index in [9.17, 15) is 4.39 Å². The Balaban J connectivity index is 1.67. The summed E-state index contributed by atoms with van der Waals surface area (Å²) < 4.78 is 13.1. The van der Waals surface area contributed by atoms with Crippen LogP contribution in [0.1, 0.15) is 30.5 Å². The standard InChI is InChI=1S/C17H21FN6/c1-23(2)16-19-8-12-4-6-17(14(12)22-16)5-3-7-24(11-17)15-20-9-13(18)10-21-15/h8-10H,3-7,11H2,1-2H3. The van der Waals surface area contributed by atoms with Crippen molar-refractivity contribution < 1.29 is 4.39 Å². The van der Waals surface area contributed by atoms with Crippen molar-refractivity contribution >= 4 is 11.9 Å². The molecule has 0 radical (unpaired) electrons. The van der Waals surface area contributed by atoms with Crippen molar-refractivity contribution in [3.63, 3.8) is 0 Å². The molecule has 2 aromatic rings. The number of anilines is 2. The molecular formula is C17H21FN6. The van der Waals surface area contributed by atoms with Crippen LogP contribution in [0, 0.1) is 5.82 Å². The Kier molecular flexibility index (Phi) is 3.58. The maximum Gasteiger partial charge on any atom is 0.225 e. The third kappa shape index (κ3) is 2.48. The van der Waals surface area contributed by atoms with Gasteiger partial charge in [-0.15, -0.1) is 0 Å². The van der Waals surface area contributed by atoms with E-state index in [2.05, 4.69) is 19.9 Å². The Morgan fingerprint density at radius 3 is 2.67 bits per heavy atom. The van der Waals surface area contributed by atoms with Gasteiger partial charge in [0.25, 0.3) is 0 Å². The summed E-state index contributed by atoms with van der Waals surface area (Å²) in [6.07, 6.45) is 8.70. The Labute approximate surface area is 140 Å². The third-order valence-electron chi connectivity index (χ3n) is 5.09. The molecule has 1 fully saturated rings. The molecule has 0 amide bonds. The van der Waals surface area contributed by atoms with Crippen LogP contribution in [0.15, 0.2) is 18.6 Å². The van der Waals surface area contributed by atoms with Gasteiger partial charge >= 0.3 is 0 Å². The van der Waals surface area contributed by atoms with Gasteiger partial charge < -0.3 is 9.80 Å². The lowest BCUT2D eigenvalue weighted by molar-refractivity contribution is 0.332. The maximum atomic E-state index is 13.1. The second kappa shape index (κ2) is 5.65. The number of aromatic nitrogens is 4. The van der Waals surface area contributed by atoms with Crippen LogP contribution in [0.4, 0.5) is 16.3 Å². The summed E-state index contributed by atoms with van der Waals surface area (Å²) in [7, 11) is 3.92. The average molecular weight is 328 g/mol. The summed E-state index contributed by atoms with van der Waals surface area (Å²) in [5, 5.41) is 0. The van der Waals surface area contributed by atoms with E-state index in [1.807, 2.05) is 25.2 Å². The first kappa shape index (κ1) is 15.2. The monoisotopic (exact) mass is 328 g/mol. The Morgan fingerprint density at radius 2 is 1.92 bits per heavy atom. The van der Waals surface area contributed by atoms with Gasteiger partial charge in [0.2, 0.25) is 11.9 Å². The molecule has 2 aliphatic rings. The molecule has 1 spiro atoms. The van der Waals surface area contributed by atoms with Crippen LogP contribution in [-0.2, 0) is 11.8 Å². The molecule has 7 heteroatoms. The second-order valence-electron chi connectivity index (χ2n) is 6.94. The largest absolute Gasteiger partial charge is 0.347 e. The molecule has 1 saturated heterocycles. The lowest BCUT2D eigenvalue weighted by Crippen LogP contribution is -2.46. The highest BCUT2D eigenvalue weighted by Crippen LogP contribution is 2.44. The quantitative estimate of drug-likeness (QED) is 0.840. The zero-order valence-corrected chi connectivity index (χ0v) is 14.0. The first-order chi connectivity index (χ1) is 11.6. The van der Waals surface area contributed by atoms with Gasteiger partial charge in [0.15, 0.2) is 5.82 Å². The number of halogens is 1. The fourth-order valence-corrected chi connectivity index (χ4v) is 3.92. The van der Waals surface area contributed by atoms with Crippen molar-refractivity contribution in [1.82, 2.24) is 19.9 Å². The van der Waals surface area contributed by atoms with Gasteiger partial charge in [0.05, 0.1) is 18.1 Å². The van der Waals surface area contributed by atoms with Crippen LogP contribution in [0.3, 0.4) is 0 Å². The molecule has 0 saturated carbocycles. The van der Waals surface area contributed by atoms with Gasteiger partial charge in [-0.3, -0.25) is 0 Å².